The molecule has 1 aliphatic heterocycles. The summed E-state index contributed by atoms with van der Waals surface area (Å²) in [4.78, 5) is 20.1. The van der Waals surface area contributed by atoms with E-state index in [0.29, 0.717) is 34.4 Å². The van der Waals surface area contributed by atoms with Gasteiger partial charge < -0.3 is 4.90 Å². The Morgan fingerprint density at radius 3 is 2.62 bits per heavy atom. The molecule has 1 amide bonds. The average Bonchev–Trinajstić information content (AvgIpc) is 3.70. The van der Waals surface area contributed by atoms with E-state index in [0.717, 1.165) is 56.3 Å². The van der Waals surface area contributed by atoms with Crippen molar-refractivity contribution >= 4 is 11.6 Å². The molecule has 0 radical (unpaired) electrons. The quantitative estimate of drug-likeness (QED) is 0.532. The number of hydrogen-bond acceptors (Lipinski definition) is 3. The van der Waals surface area contributed by atoms with Crippen LogP contribution < -0.4 is 0 Å². The zero-order valence-corrected chi connectivity index (χ0v) is 18.6. The maximum absolute atomic E-state index is 15.3. The average molecular weight is 433 g/mol. The molecule has 1 saturated heterocycles. The molecule has 0 N–H and O–H groups in total. The van der Waals surface area contributed by atoms with Gasteiger partial charge in [0.15, 0.2) is 5.65 Å². The second kappa shape index (κ2) is 7.68. The highest BCUT2D eigenvalue weighted by Gasteiger charge is 2.32. The Bertz CT molecular complexity index is 1190. The van der Waals surface area contributed by atoms with Crippen LogP contribution in [0.5, 0.6) is 0 Å². The first-order valence-corrected chi connectivity index (χ1v) is 12.1. The Labute approximate surface area is 187 Å². The summed E-state index contributed by atoms with van der Waals surface area (Å²) in [5, 5.41) is 4.76. The Morgan fingerprint density at radius 1 is 1.03 bits per heavy atom. The molecule has 0 bridgehead atoms. The summed E-state index contributed by atoms with van der Waals surface area (Å²) >= 11 is 0. The SMILES string of the molecule is C[C@@H]1CCCCCN1C(=O)c1cc(C2CC2)n2nc(-c3cccc(C4CC4)c3F)cc2n1. The van der Waals surface area contributed by atoms with E-state index in [1.807, 2.05) is 33.7 Å². The van der Waals surface area contributed by atoms with E-state index in [1.54, 1.807) is 6.07 Å². The van der Waals surface area contributed by atoms with Gasteiger partial charge in [0.25, 0.3) is 5.91 Å². The number of rotatable bonds is 4. The van der Waals surface area contributed by atoms with Crippen LogP contribution in [0.15, 0.2) is 30.3 Å². The van der Waals surface area contributed by atoms with E-state index in [9.17, 15) is 4.79 Å². The number of likely N-dealkylation sites (tertiary alicyclic amines) is 1. The lowest BCUT2D eigenvalue weighted by atomic mass is 10.0. The van der Waals surface area contributed by atoms with Gasteiger partial charge in [-0.1, -0.05) is 25.0 Å². The third-order valence-electron chi connectivity index (χ3n) is 7.31. The van der Waals surface area contributed by atoms with Gasteiger partial charge in [-0.25, -0.2) is 13.9 Å². The zero-order valence-electron chi connectivity index (χ0n) is 18.6. The lowest BCUT2D eigenvalue weighted by molar-refractivity contribution is 0.0692. The molecule has 166 valence electrons. The van der Waals surface area contributed by atoms with Crippen molar-refractivity contribution in [3.63, 3.8) is 0 Å². The topological polar surface area (TPSA) is 50.5 Å². The molecular formula is C26H29FN4O. The van der Waals surface area contributed by atoms with Gasteiger partial charge in [-0.05, 0) is 69.1 Å². The molecule has 6 heteroatoms. The van der Waals surface area contributed by atoms with Gasteiger partial charge >= 0.3 is 0 Å². The van der Waals surface area contributed by atoms with Crippen molar-refractivity contribution < 1.29 is 9.18 Å². The third kappa shape index (κ3) is 3.50. The van der Waals surface area contributed by atoms with Crippen LogP contribution in [-0.4, -0.2) is 38.0 Å². The van der Waals surface area contributed by atoms with E-state index in [4.69, 9.17) is 10.1 Å². The molecule has 6 rings (SSSR count). The normalized spacial score (nSPS) is 21.7. The van der Waals surface area contributed by atoms with Crippen molar-refractivity contribution in [3.8, 4) is 11.3 Å². The number of hydrogen-bond donors (Lipinski definition) is 0. The second-order valence-corrected chi connectivity index (χ2v) is 9.82. The van der Waals surface area contributed by atoms with Crippen LogP contribution in [0.3, 0.4) is 0 Å². The summed E-state index contributed by atoms with van der Waals surface area (Å²) in [7, 11) is 0. The molecule has 0 spiro atoms. The van der Waals surface area contributed by atoms with Crippen molar-refractivity contribution in [1.82, 2.24) is 19.5 Å². The third-order valence-corrected chi connectivity index (χ3v) is 7.31. The van der Waals surface area contributed by atoms with Crippen LogP contribution >= 0.6 is 0 Å². The lowest BCUT2D eigenvalue weighted by Gasteiger charge is -2.27. The summed E-state index contributed by atoms with van der Waals surface area (Å²) in [6.45, 7) is 2.92. The zero-order chi connectivity index (χ0) is 21.8. The van der Waals surface area contributed by atoms with E-state index in [-0.39, 0.29) is 17.8 Å². The van der Waals surface area contributed by atoms with Crippen molar-refractivity contribution in [2.24, 2.45) is 0 Å². The summed E-state index contributed by atoms with van der Waals surface area (Å²) in [5.74, 6) is 0.575. The van der Waals surface area contributed by atoms with Gasteiger partial charge in [-0.2, -0.15) is 5.10 Å². The van der Waals surface area contributed by atoms with Gasteiger partial charge in [0.05, 0.1) is 5.69 Å². The molecule has 5 nitrogen and oxygen atoms in total. The minimum absolute atomic E-state index is 0.00783. The van der Waals surface area contributed by atoms with Crippen LogP contribution in [0.2, 0.25) is 0 Å². The van der Waals surface area contributed by atoms with E-state index in [1.165, 1.54) is 12.8 Å². The highest BCUT2D eigenvalue weighted by Crippen LogP contribution is 2.43. The van der Waals surface area contributed by atoms with Gasteiger partial charge in [-0.3, -0.25) is 4.79 Å². The maximum Gasteiger partial charge on any atom is 0.272 e. The fraction of sp³-hybridized carbons (Fsp3) is 0.500. The summed E-state index contributed by atoms with van der Waals surface area (Å²) in [5.41, 5.74) is 4.05. The number of nitrogens with zero attached hydrogens (tertiary/aromatic N) is 4. The molecule has 2 saturated carbocycles. The van der Waals surface area contributed by atoms with E-state index in [2.05, 4.69) is 6.92 Å². The number of amides is 1. The van der Waals surface area contributed by atoms with Crippen LogP contribution in [0, 0.1) is 5.82 Å². The molecule has 2 aromatic heterocycles. The predicted octanol–water partition coefficient (Wildman–Crippen LogP) is 5.69. The number of halogens is 1. The van der Waals surface area contributed by atoms with Crippen molar-refractivity contribution in [1.29, 1.82) is 0 Å². The molecule has 1 aromatic carbocycles. The number of benzene rings is 1. The highest BCUT2D eigenvalue weighted by molar-refractivity contribution is 5.93. The van der Waals surface area contributed by atoms with Gasteiger partial charge in [0.2, 0.25) is 0 Å². The van der Waals surface area contributed by atoms with Gasteiger partial charge in [0.1, 0.15) is 11.5 Å². The minimum atomic E-state index is -0.166. The molecule has 3 heterocycles. The van der Waals surface area contributed by atoms with Crippen LogP contribution in [0.25, 0.3) is 16.9 Å². The summed E-state index contributed by atoms with van der Waals surface area (Å²) in [6, 6.07) is 9.60. The Hall–Kier alpha value is -2.76. The molecule has 3 fully saturated rings. The first-order valence-electron chi connectivity index (χ1n) is 12.1. The monoisotopic (exact) mass is 432 g/mol. The van der Waals surface area contributed by atoms with Crippen molar-refractivity contribution in [2.45, 2.75) is 76.2 Å². The summed E-state index contributed by atoms with van der Waals surface area (Å²) in [6.07, 6.45) is 8.71. The maximum atomic E-state index is 15.3. The molecule has 0 unspecified atom stereocenters. The molecule has 3 aromatic rings. The van der Waals surface area contributed by atoms with E-state index < -0.39 is 0 Å². The Balaban J connectivity index is 1.42. The van der Waals surface area contributed by atoms with Crippen LogP contribution in [0.1, 0.15) is 91.9 Å². The van der Waals surface area contributed by atoms with Crippen LogP contribution in [0.4, 0.5) is 4.39 Å². The Kier molecular flexibility index (Phi) is 4.77. The predicted molar refractivity (Wildman–Crippen MR) is 121 cm³/mol. The minimum Gasteiger partial charge on any atom is -0.335 e. The summed E-state index contributed by atoms with van der Waals surface area (Å²) < 4.78 is 17.1. The lowest BCUT2D eigenvalue weighted by Crippen LogP contribution is -2.38. The van der Waals surface area contributed by atoms with Gasteiger partial charge in [0, 0.05) is 35.8 Å². The Morgan fingerprint density at radius 2 is 1.84 bits per heavy atom. The first-order chi connectivity index (χ1) is 15.6. The number of aromatic nitrogens is 3. The number of carbonyl (C=O) groups is 1. The fourth-order valence-corrected chi connectivity index (χ4v) is 5.09. The molecule has 2 aliphatic carbocycles. The van der Waals surface area contributed by atoms with Crippen molar-refractivity contribution in [3.05, 3.63) is 53.1 Å². The first kappa shape index (κ1) is 19.9. The smallest absolute Gasteiger partial charge is 0.272 e. The van der Waals surface area contributed by atoms with Gasteiger partial charge in [-0.15, -0.1) is 0 Å². The fourth-order valence-electron chi connectivity index (χ4n) is 5.09. The standard InChI is InChI=1S/C26H29FN4O/c1-16-6-3-2-4-13-30(16)26(32)22-14-23(18-11-12-18)31-24(28-22)15-21(29-31)20-8-5-7-19(25(20)27)17-9-10-17/h5,7-8,14-18H,2-4,6,9-13H2,1H3/t16-/m1/s1. The number of fused-ring (bicyclic) bond motifs is 1. The molecular weight excluding hydrogens is 403 g/mol. The molecule has 1 atom stereocenters. The molecule has 32 heavy (non-hydrogen) atoms. The van der Waals surface area contributed by atoms with E-state index >= 15 is 4.39 Å². The number of carbonyl (C=O) groups excluding carboxylic acids is 1. The largest absolute Gasteiger partial charge is 0.335 e. The van der Waals surface area contributed by atoms with Crippen molar-refractivity contribution in [2.75, 3.05) is 6.54 Å². The highest BCUT2D eigenvalue weighted by atomic mass is 19.1. The van der Waals surface area contributed by atoms with Crippen LogP contribution in [-0.2, 0) is 0 Å². The second-order valence-electron chi connectivity index (χ2n) is 9.82. The molecule has 3 aliphatic rings.